The summed E-state index contributed by atoms with van der Waals surface area (Å²) < 4.78 is 10.7. The molecule has 0 radical (unpaired) electrons. The van der Waals surface area contributed by atoms with Gasteiger partial charge in [0.1, 0.15) is 5.82 Å². The first kappa shape index (κ1) is 23.9. The highest BCUT2D eigenvalue weighted by Crippen LogP contribution is 2.27. The third-order valence-corrected chi connectivity index (χ3v) is 5.09. The molecule has 1 saturated heterocycles. The molecule has 2 aromatic rings. The van der Waals surface area contributed by atoms with Crippen LogP contribution in [-0.4, -0.2) is 60.7 Å². The number of benzene rings is 1. The first-order chi connectivity index (χ1) is 15.8. The van der Waals surface area contributed by atoms with Crippen molar-refractivity contribution in [2.24, 2.45) is 0 Å². The summed E-state index contributed by atoms with van der Waals surface area (Å²) in [6, 6.07) is 7.63. The lowest BCUT2D eigenvalue weighted by Gasteiger charge is -2.36. The maximum atomic E-state index is 12.3. The number of pyridine rings is 1. The number of carbonyl (C=O) groups excluding carboxylic acids is 2. The number of rotatable bonds is 8. The molecule has 0 spiro atoms. The Hall–Kier alpha value is -3.73. The Morgan fingerprint density at radius 1 is 1.21 bits per heavy atom. The van der Waals surface area contributed by atoms with Crippen LogP contribution in [0.5, 0.6) is 5.75 Å². The zero-order valence-corrected chi connectivity index (χ0v) is 18.7. The van der Waals surface area contributed by atoms with Gasteiger partial charge >= 0.3 is 5.69 Å². The van der Waals surface area contributed by atoms with Crippen molar-refractivity contribution in [2.75, 3.05) is 31.6 Å². The van der Waals surface area contributed by atoms with Gasteiger partial charge in [0.2, 0.25) is 5.91 Å². The molecule has 1 aromatic carbocycles. The highest BCUT2D eigenvalue weighted by molar-refractivity contribution is 5.97. The van der Waals surface area contributed by atoms with Gasteiger partial charge in [-0.1, -0.05) is 6.07 Å². The van der Waals surface area contributed by atoms with Crippen LogP contribution in [0, 0.1) is 10.1 Å². The lowest BCUT2D eigenvalue weighted by Crippen LogP contribution is -2.45. The second-order valence-corrected chi connectivity index (χ2v) is 7.79. The topological polar surface area (TPSA) is 136 Å². The SMILES string of the molecule is COc1ccc(C(=O)NCC(=O)NCc2ccc(N3CC(C)OC(C)C3)nc2)cc1[N+](=O)[O-]. The van der Waals surface area contributed by atoms with Crippen LogP contribution in [0.25, 0.3) is 0 Å². The third-order valence-electron chi connectivity index (χ3n) is 5.09. The van der Waals surface area contributed by atoms with E-state index in [0.717, 1.165) is 30.5 Å². The molecule has 176 valence electrons. The van der Waals surface area contributed by atoms with E-state index in [2.05, 4.69) is 20.5 Å². The average molecular weight is 457 g/mol. The number of ether oxygens (including phenoxy) is 2. The molecule has 1 aromatic heterocycles. The maximum Gasteiger partial charge on any atom is 0.311 e. The van der Waals surface area contributed by atoms with Gasteiger partial charge in [0.05, 0.1) is 30.8 Å². The molecular formula is C22H27N5O6. The second-order valence-electron chi connectivity index (χ2n) is 7.79. The van der Waals surface area contributed by atoms with Gasteiger partial charge in [-0.05, 0) is 37.6 Å². The molecule has 0 aliphatic carbocycles. The molecule has 3 rings (SSSR count). The Morgan fingerprint density at radius 3 is 2.55 bits per heavy atom. The summed E-state index contributed by atoms with van der Waals surface area (Å²) in [6.45, 7) is 5.58. The van der Waals surface area contributed by atoms with Gasteiger partial charge in [-0.15, -0.1) is 0 Å². The monoisotopic (exact) mass is 457 g/mol. The number of methoxy groups -OCH3 is 1. The standard InChI is InChI=1S/C22H27N5O6/c1-14-12-26(13-15(2)33-14)20-7-4-16(9-23-20)10-24-21(28)11-25-22(29)17-5-6-19(32-3)18(8-17)27(30)31/h4-9,14-15H,10-13H2,1-3H3,(H,24,28)(H,25,29). The molecule has 1 aliphatic heterocycles. The first-order valence-electron chi connectivity index (χ1n) is 10.5. The quantitative estimate of drug-likeness (QED) is 0.451. The van der Waals surface area contributed by atoms with Crippen molar-refractivity contribution in [2.45, 2.75) is 32.6 Å². The number of aromatic nitrogens is 1. The number of hydrogen-bond donors (Lipinski definition) is 2. The summed E-state index contributed by atoms with van der Waals surface area (Å²) in [5.41, 5.74) is 0.548. The number of hydrogen-bond acceptors (Lipinski definition) is 8. The highest BCUT2D eigenvalue weighted by atomic mass is 16.6. The van der Waals surface area contributed by atoms with Gasteiger partial charge in [0.25, 0.3) is 5.91 Å². The van der Waals surface area contributed by atoms with E-state index >= 15 is 0 Å². The number of nitro benzene ring substituents is 1. The van der Waals surface area contributed by atoms with Crippen molar-refractivity contribution in [3.8, 4) is 5.75 Å². The molecule has 2 heterocycles. The Kier molecular flexibility index (Phi) is 7.78. The van der Waals surface area contributed by atoms with Crippen LogP contribution in [0.3, 0.4) is 0 Å². The smallest absolute Gasteiger partial charge is 0.311 e. The summed E-state index contributed by atoms with van der Waals surface area (Å²) in [7, 11) is 1.30. The van der Waals surface area contributed by atoms with E-state index in [0.29, 0.717) is 0 Å². The van der Waals surface area contributed by atoms with Gasteiger partial charge in [0, 0.05) is 37.5 Å². The minimum Gasteiger partial charge on any atom is -0.490 e. The average Bonchev–Trinajstić information content (AvgIpc) is 2.80. The predicted octanol–water partition coefficient (Wildman–Crippen LogP) is 1.66. The van der Waals surface area contributed by atoms with E-state index in [4.69, 9.17) is 9.47 Å². The summed E-state index contributed by atoms with van der Waals surface area (Å²) in [4.78, 5) is 41.5. The van der Waals surface area contributed by atoms with Gasteiger partial charge < -0.3 is 25.0 Å². The molecule has 0 bridgehead atoms. The molecular weight excluding hydrogens is 430 g/mol. The Bertz CT molecular complexity index is 1000. The maximum absolute atomic E-state index is 12.3. The minimum atomic E-state index is -0.637. The molecule has 2 atom stereocenters. The van der Waals surface area contributed by atoms with Crippen molar-refractivity contribution in [3.05, 3.63) is 57.8 Å². The zero-order valence-electron chi connectivity index (χ0n) is 18.7. The van der Waals surface area contributed by atoms with Crippen LogP contribution in [0.4, 0.5) is 11.5 Å². The lowest BCUT2D eigenvalue weighted by atomic mass is 10.1. The number of nitrogens with zero attached hydrogens (tertiary/aromatic N) is 3. The van der Waals surface area contributed by atoms with Crippen molar-refractivity contribution < 1.29 is 24.0 Å². The molecule has 1 aliphatic rings. The number of anilines is 1. The Labute approximate surface area is 191 Å². The van der Waals surface area contributed by atoms with Crippen LogP contribution in [-0.2, 0) is 16.1 Å². The summed E-state index contributed by atoms with van der Waals surface area (Å²) in [5, 5.41) is 16.3. The number of nitro groups is 1. The summed E-state index contributed by atoms with van der Waals surface area (Å²) >= 11 is 0. The number of nitrogens with one attached hydrogen (secondary N) is 2. The van der Waals surface area contributed by atoms with Crippen molar-refractivity contribution in [1.82, 2.24) is 15.6 Å². The summed E-state index contributed by atoms with van der Waals surface area (Å²) in [6.07, 6.45) is 1.97. The number of carbonyl (C=O) groups is 2. The normalized spacial score (nSPS) is 17.8. The molecule has 2 N–H and O–H groups in total. The Balaban J connectivity index is 1.48. The van der Waals surface area contributed by atoms with Gasteiger partial charge in [-0.3, -0.25) is 19.7 Å². The molecule has 33 heavy (non-hydrogen) atoms. The van der Waals surface area contributed by atoms with E-state index in [9.17, 15) is 19.7 Å². The fraction of sp³-hybridized carbons (Fsp3) is 0.409. The lowest BCUT2D eigenvalue weighted by molar-refractivity contribution is -0.385. The first-order valence-corrected chi connectivity index (χ1v) is 10.5. The number of amides is 2. The van der Waals surface area contributed by atoms with Crippen LogP contribution < -0.4 is 20.3 Å². The highest BCUT2D eigenvalue weighted by Gasteiger charge is 2.23. The van der Waals surface area contributed by atoms with Gasteiger partial charge in [-0.25, -0.2) is 4.98 Å². The largest absolute Gasteiger partial charge is 0.490 e. The van der Waals surface area contributed by atoms with E-state index in [-0.39, 0.29) is 42.3 Å². The van der Waals surface area contributed by atoms with Crippen molar-refractivity contribution in [3.63, 3.8) is 0 Å². The Morgan fingerprint density at radius 2 is 1.94 bits per heavy atom. The van der Waals surface area contributed by atoms with E-state index in [1.165, 1.54) is 19.2 Å². The van der Waals surface area contributed by atoms with E-state index in [1.807, 2.05) is 26.0 Å². The molecule has 11 nitrogen and oxygen atoms in total. The fourth-order valence-corrected chi connectivity index (χ4v) is 3.57. The van der Waals surface area contributed by atoms with Crippen molar-refractivity contribution in [1.29, 1.82) is 0 Å². The second kappa shape index (κ2) is 10.7. The van der Waals surface area contributed by atoms with E-state index < -0.39 is 16.7 Å². The van der Waals surface area contributed by atoms with Crippen LogP contribution in [0.1, 0.15) is 29.8 Å². The van der Waals surface area contributed by atoms with Crippen LogP contribution in [0.2, 0.25) is 0 Å². The van der Waals surface area contributed by atoms with Crippen LogP contribution in [0.15, 0.2) is 36.5 Å². The molecule has 2 unspecified atom stereocenters. The minimum absolute atomic E-state index is 0.0477. The zero-order chi connectivity index (χ0) is 24.0. The molecule has 11 heteroatoms. The predicted molar refractivity (Wildman–Crippen MR) is 120 cm³/mol. The molecule has 0 saturated carbocycles. The molecule has 2 amide bonds. The third kappa shape index (κ3) is 6.39. The van der Waals surface area contributed by atoms with Gasteiger partial charge in [0.15, 0.2) is 5.75 Å². The van der Waals surface area contributed by atoms with E-state index in [1.54, 1.807) is 6.20 Å². The van der Waals surface area contributed by atoms with Gasteiger partial charge in [-0.2, -0.15) is 0 Å². The van der Waals surface area contributed by atoms with Crippen molar-refractivity contribution >= 4 is 23.3 Å². The number of morpholine rings is 1. The molecule has 1 fully saturated rings. The fourth-order valence-electron chi connectivity index (χ4n) is 3.57. The van der Waals surface area contributed by atoms with Crippen LogP contribution >= 0.6 is 0 Å². The summed E-state index contributed by atoms with van der Waals surface area (Å²) in [5.74, 6) is -0.0957.